The molecule has 0 aliphatic rings. The summed E-state index contributed by atoms with van der Waals surface area (Å²) in [4.78, 5) is 4.85. The predicted molar refractivity (Wildman–Crippen MR) is 83.4 cm³/mol. The molecule has 1 N–H and O–H groups in total. The summed E-state index contributed by atoms with van der Waals surface area (Å²) < 4.78 is 2.23. The van der Waals surface area contributed by atoms with Crippen molar-refractivity contribution in [2.75, 3.05) is 0 Å². The van der Waals surface area contributed by atoms with E-state index >= 15 is 0 Å². The molecule has 0 amide bonds. The van der Waals surface area contributed by atoms with Gasteiger partial charge in [0, 0.05) is 28.8 Å². The molecule has 3 rings (SSSR count). The van der Waals surface area contributed by atoms with Crippen LogP contribution in [0.15, 0.2) is 30.3 Å². The van der Waals surface area contributed by atoms with E-state index in [1.54, 1.807) is 0 Å². The number of hydrogen-bond donors (Lipinski definition) is 1. The summed E-state index contributed by atoms with van der Waals surface area (Å²) >= 11 is 0. The fourth-order valence-corrected chi connectivity index (χ4v) is 2.87. The SMILES string of the molecule is CC(C)c1nc2c3ccccc3c(O)cc2n1C(C)C. The molecule has 0 unspecified atom stereocenters. The monoisotopic (exact) mass is 268 g/mol. The standard InChI is InChI=1S/C17H20N2O/c1-10(2)17-18-16-13-8-6-5-7-12(13)15(20)9-14(16)19(17)11(3)4/h5-11,20H,1-4H3. The first kappa shape index (κ1) is 13.0. The van der Waals surface area contributed by atoms with E-state index in [9.17, 15) is 5.11 Å². The Hall–Kier alpha value is -2.03. The fourth-order valence-electron chi connectivity index (χ4n) is 2.87. The molecule has 20 heavy (non-hydrogen) atoms. The number of rotatable bonds is 2. The van der Waals surface area contributed by atoms with Crippen LogP contribution >= 0.6 is 0 Å². The zero-order chi connectivity index (χ0) is 14.4. The lowest BCUT2D eigenvalue weighted by molar-refractivity contribution is 0.481. The Morgan fingerprint density at radius 2 is 1.70 bits per heavy atom. The van der Waals surface area contributed by atoms with Gasteiger partial charge >= 0.3 is 0 Å². The molecular formula is C17H20N2O. The second kappa shape index (κ2) is 4.51. The van der Waals surface area contributed by atoms with E-state index in [1.165, 1.54) is 0 Å². The van der Waals surface area contributed by atoms with Crippen LogP contribution in [0.3, 0.4) is 0 Å². The summed E-state index contributed by atoms with van der Waals surface area (Å²) in [6, 6.07) is 10.1. The minimum atomic E-state index is 0.318. The van der Waals surface area contributed by atoms with Gasteiger partial charge < -0.3 is 9.67 Å². The quantitative estimate of drug-likeness (QED) is 0.737. The van der Waals surface area contributed by atoms with Crippen molar-refractivity contribution >= 4 is 21.8 Å². The zero-order valence-corrected chi connectivity index (χ0v) is 12.4. The van der Waals surface area contributed by atoms with E-state index in [0.717, 1.165) is 27.6 Å². The van der Waals surface area contributed by atoms with Crippen molar-refractivity contribution in [1.82, 2.24) is 9.55 Å². The maximum atomic E-state index is 10.3. The Morgan fingerprint density at radius 3 is 2.30 bits per heavy atom. The highest BCUT2D eigenvalue weighted by Gasteiger charge is 2.18. The smallest absolute Gasteiger partial charge is 0.125 e. The molecular weight excluding hydrogens is 248 g/mol. The summed E-state index contributed by atoms with van der Waals surface area (Å²) in [5.74, 6) is 1.75. The summed E-state index contributed by atoms with van der Waals surface area (Å²) in [5.41, 5.74) is 2.00. The third-order valence-electron chi connectivity index (χ3n) is 3.74. The van der Waals surface area contributed by atoms with Crippen LogP contribution in [0.4, 0.5) is 0 Å². The molecule has 3 nitrogen and oxygen atoms in total. The molecule has 0 spiro atoms. The topological polar surface area (TPSA) is 38.1 Å². The van der Waals surface area contributed by atoms with Gasteiger partial charge in [-0.25, -0.2) is 4.98 Å². The van der Waals surface area contributed by atoms with Crippen LogP contribution in [0.5, 0.6) is 5.75 Å². The molecule has 0 aliphatic carbocycles. The van der Waals surface area contributed by atoms with Crippen molar-refractivity contribution in [3.05, 3.63) is 36.2 Å². The molecule has 2 aromatic carbocycles. The van der Waals surface area contributed by atoms with Gasteiger partial charge in [0.1, 0.15) is 11.6 Å². The molecule has 0 saturated carbocycles. The highest BCUT2D eigenvalue weighted by molar-refractivity contribution is 6.07. The van der Waals surface area contributed by atoms with E-state index in [2.05, 4.69) is 32.3 Å². The van der Waals surface area contributed by atoms with E-state index < -0.39 is 0 Å². The normalized spacial score (nSPS) is 12.1. The summed E-state index contributed by atoms with van der Waals surface area (Å²) in [6.07, 6.45) is 0. The van der Waals surface area contributed by atoms with Gasteiger partial charge in [0.25, 0.3) is 0 Å². The number of hydrogen-bond acceptors (Lipinski definition) is 2. The van der Waals surface area contributed by atoms with Gasteiger partial charge in [0.2, 0.25) is 0 Å². The first-order valence-corrected chi connectivity index (χ1v) is 7.13. The molecule has 3 aromatic rings. The van der Waals surface area contributed by atoms with Crippen molar-refractivity contribution < 1.29 is 5.11 Å². The third-order valence-corrected chi connectivity index (χ3v) is 3.74. The minimum Gasteiger partial charge on any atom is -0.507 e. The van der Waals surface area contributed by atoms with Crippen molar-refractivity contribution in [3.63, 3.8) is 0 Å². The Labute approximate surface area is 118 Å². The summed E-state index contributed by atoms with van der Waals surface area (Å²) in [7, 11) is 0. The van der Waals surface area contributed by atoms with Gasteiger partial charge in [-0.2, -0.15) is 0 Å². The molecule has 0 aliphatic heterocycles. The lowest BCUT2D eigenvalue weighted by Gasteiger charge is -2.15. The Morgan fingerprint density at radius 1 is 1.05 bits per heavy atom. The maximum Gasteiger partial charge on any atom is 0.125 e. The Balaban J connectivity index is 2.51. The molecule has 3 heteroatoms. The summed E-state index contributed by atoms with van der Waals surface area (Å²) in [6.45, 7) is 8.61. The van der Waals surface area contributed by atoms with Gasteiger partial charge in [0.05, 0.1) is 11.0 Å². The highest BCUT2D eigenvalue weighted by Crippen LogP contribution is 2.35. The number of phenolic OH excluding ortho intramolecular Hbond substituents is 1. The van der Waals surface area contributed by atoms with Crippen LogP contribution in [0.2, 0.25) is 0 Å². The largest absolute Gasteiger partial charge is 0.507 e. The molecule has 104 valence electrons. The molecule has 0 fully saturated rings. The number of fused-ring (bicyclic) bond motifs is 3. The first-order chi connectivity index (χ1) is 9.50. The van der Waals surface area contributed by atoms with Crippen molar-refractivity contribution in [1.29, 1.82) is 0 Å². The van der Waals surface area contributed by atoms with Gasteiger partial charge in [-0.1, -0.05) is 38.1 Å². The van der Waals surface area contributed by atoms with Crippen molar-refractivity contribution in [2.24, 2.45) is 0 Å². The Kier molecular flexibility index (Phi) is 2.93. The van der Waals surface area contributed by atoms with Crippen LogP contribution < -0.4 is 0 Å². The lowest BCUT2D eigenvalue weighted by atomic mass is 10.1. The van der Waals surface area contributed by atoms with E-state index in [4.69, 9.17) is 4.98 Å². The number of nitrogens with zero attached hydrogens (tertiary/aromatic N) is 2. The zero-order valence-electron chi connectivity index (χ0n) is 12.4. The number of aromatic hydroxyl groups is 1. The number of aromatic nitrogens is 2. The van der Waals surface area contributed by atoms with Crippen molar-refractivity contribution in [2.45, 2.75) is 39.7 Å². The number of imidazole rings is 1. The second-order valence-corrected chi connectivity index (χ2v) is 5.90. The lowest BCUT2D eigenvalue weighted by Crippen LogP contribution is -2.07. The van der Waals surface area contributed by atoms with Crippen LogP contribution in [0, 0.1) is 0 Å². The number of phenols is 1. The first-order valence-electron chi connectivity index (χ1n) is 7.13. The van der Waals surface area contributed by atoms with Gasteiger partial charge in [-0.15, -0.1) is 0 Å². The fraction of sp³-hybridized carbons (Fsp3) is 0.353. The van der Waals surface area contributed by atoms with Gasteiger partial charge in [-0.05, 0) is 13.8 Å². The van der Waals surface area contributed by atoms with Crippen LogP contribution in [-0.2, 0) is 0 Å². The molecule has 1 heterocycles. The molecule has 0 radical (unpaired) electrons. The molecule has 0 atom stereocenters. The predicted octanol–water partition coefficient (Wildman–Crippen LogP) is 4.60. The summed E-state index contributed by atoms with van der Waals surface area (Å²) in [5, 5.41) is 12.2. The second-order valence-electron chi connectivity index (χ2n) is 5.90. The Bertz CT molecular complexity index is 784. The third kappa shape index (κ3) is 1.77. The molecule has 0 bridgehead atoms. The molecule has 0 saturated heterocycles. The van der Waals surface area contributed by atoms with Crippen LogP contribution in [0.25, 0.3) is 21.8 Å². The van der Waals surface area contributed by atoms with Gasteiger partial charge in [0.15, 0.2) is 0 Å². The van der Waals surface area contributed by atoms with Gasteiger partial charge in [-0.3, -0.25) is 0 Å². The highest BCUT2D eigenvalue weighted by atomic mass is 16.3. The van der Waals surface area contributed by atoms with E-state index in [1.807, 2.05) is 30.3 Å². The maximum absolute atomic E-state index is 10.3. The average Bonchev–Trinajstić information content (AvgIpc) is 2.79. The van der Waals surface area contributed by atoms with E-state index in [-0.39, 0.29) is 0 Å². The average molecular weight is 268 g/mol. The van der Waals surface area contributed by atoms with E-state index in [0.29, 0.717) is 17.7 Å². The van der Waals surface area contributed by atoms with Crippen molar-refractivity contribution in [3.8, 4) is 5.75 Å². The minimum absolute atomic E-state index is 0.318. The molecule has 1 aromatic heterocycles. The number of benzene rings is 2. The van der Waals surface area contributed by atoms with Crippen LogP contribution in [0.1, 0.15) is 45.5 Å². The van der Waals surface area contributed by atoms with Crippen LogP contribution in [-0.4, -0.2) is 14.7 Å².